The second-order valence-corrected chi connectivity index (χ2v) is 16.0. The fourth-order valence-electron chi connectivity index (χ4n) is 8.38. The summed E-state index contributed by atoms with van der Waals surface area (Å²) >= 11 is 0. The van der Waals surface area contributed by atoms with Gasteiger partial charge in [0.25, 0.3) is 11.5 Å². The summed E-state index contributed by atoms with van der Waals surface area (Å²) < 4.78 is 81.2. The molecule has 0 aliphatic carbocycles. The fraction of sp³-hybridized carbons (Fsp3) is 0.568. The first kappa shape index (κ1) is 48.1. The van der Waals surface area contributed by atoms with E-state index in [1.165, 1.54) is 0 Å². The monoisotopic (exact) mass is 850 g/mol. The Morgan fingerprint density at radius 3 is 1.58 bits per heavy atom. The van der Waals surface area contributed by atoms with Gasteiger partial charge in [0.1, 0.15) is 0 Å². The Bertz CT molecular complexity index is 2020. The summed E-state index contributed by atoms with van der Waals surface area (Å²) in [5.74, 6) is -1.96. The van der Waals surface area contributed by atoms with Gasteiger partial charge in [-0.2, -0.15) is 26.3 Å². The van der Waals surface area contributed by atoms with Gasteiger partial charge >= 0.3 is 18.3 Å². The maximum Gasteiger partial charge on any atom is 0.416 e. The number of anilines is 2. The predicted molar refractivity (Wildman–Crippen MR) is 223 cm³/mol. The minimum absolute atomic E-state index is 0.0215. The Labute approximate surface area is 348 Å². The standard InChI is InChI=1S/C27H37F3N4O2.C17H23F3N2O2/c1-6-8-19-13-17(3)32-26(36)23(19)16-31-25(35)22-14-20(27(28,29)30)15-24(18(22)4)34(7-2)21-9-11-33(5)12-10-21;1-4-22(13-5-7-21(3)8-6-13)15-10-12(17(18,19)20)9-14(11(15)2)16(23)24/h13-15,21H,6-12,16H2,1-5H3,(H,31,35)(H,32,36);9-10,13H,4-8H2,1-3H3,(H,23,24). The van der Waals surface area contributed by atoms with Crippen molar-refractivity contribution in [2.24, 2.45) is 0 Å². The first-order chi connectivity index (χ1) is 28.1. The number of carboxylic acid groups (broad SMARTS) is 1. The van der Waals surface area contributed by atoms with Crippen LogP contribution < -0.4 is 20.7 Å². The number of hydrogen-bond acceptors (Lipinski definition) is 7. The Kier molecular flexibility index (Phi) is 16.3. The summed E-state index contributed by atoms with van der Waals surface area (Å²) in [7, 11) is 4.06. The molecule has 16 heteroatoms. The maximum absolute atomic E-state index is 13.9. The molecule has 2 saturated heterocycles. The molecule has 5 rings (SSSR count). The molecule has 3 heterocycles. The van der Waals surface area contributed by atoms with Crippen LogP contribution in [0.4, 0.5) is 37.7 Å². The van der Waals surface area contributed by atoms with E-state index in [1.807, 2.05) is 50.7 Å². The van der Waals surface area contributed by atoms with Crippen LogP contribution in [0.2, 0.25) is 0 Å². The minimum Gasteiger partial charge on any atom is -0.478 e. The molecule has 0 atom stereocenters. The van der Waals surface area contributed by atoms with Crippen molar-refractivity contribution in [2.45, 2.75) is 111 Å². The number of nitrogens with one attached hydrogen (secondary N) is 2. The average Bonchev–Trinajstić information content (AvgIpc) is 3.17. The molecule has 10 nitrogen and oxygen atoms in total. The summed E-state index contributed by atoms with van der Waals surface area (Å²) in [5.41, 5.74) is 1.34. The van der Waals surface area contributed by atoms with Gasteiger partial charge in [0.2, 0.25) is 0 Å². The van der Waals surface area contributed by atoms with Crippen molar-refractivity contribution in [3.8, 4) is 0 Å². The van der Waals surface area contributed by atoms with E-state index < -0.39 is 35.4 Å². The van der Waals surface area contributed by atoms with Crippen LogP contribution in [0.3, 0.4) is 0 Å². The van der Waals surface area contributed by atoms with Crippen LogP contribution in [-0.2, 0) is 25.3 Å². The molecule has 2 fully saturated rings. The van der Waals surface area contributed by atoms with Gasteiger partial charge in [0, 0.05) is 59.9 Å². The molecule has 0 bridgehead atoms. The number of carbonyl (C=O) groups is 2. The van der Waals surface area contributed by atoms with Crippen LogP contribution in [-0.4, -0.2) is 97.2 Å². The van der Waals surface area contributed by atoms with E-state index >= 15 is 0 Å². The van der Waals surface area contributed by atoms with Gasteiger partial charge in [-0.05, 0) is 154 Å². The number of hydrogen-bond donors (Lipinski definition) is 3. The Morgan fingerprint density at radius 1 is 0.750 bits per heavy atom. The summed E-state index contributed by atoms with van der Waals surface area (Å²) in [6.07, 6.45) is -4.28. The Morgan fingerprint density at radius 2 is 1.18 bits per heavy atom. The summed E-state index contributed by atoms with van der Waals surface area (Å²) in [6, 6.07) is 6.00. The molecule has 3 N–H and O–H groups in total. The number of halogens is 6. The molecule has 332 valence electrons. The highest BCUT2D eigenvalue weighted by Gasteiger charge is 2.36. The number of aryl methyl sites for hydroxylation is 2. The van der Waals surface area contributed by atoms with E-state index in [2.05, 4.69) is 20.1 Å². The largest absolute Gasteiger partial charge is 0.478 e. The molecule has 0 saturated carbocycles. The molecule has 3 aromatic rings. The van der Waals surface area contributed by atoms with E-state index in [-0.39, 0.29) is 35.3 Å². The zero-order valence-electron chi connectivity index (χ0n) is 36.0. The lowest BCUT2D eigenvalue weighted by Gasteiger charge is -2.39. The zero-order valence-corrected chi connectivity index (χ0v) is 36.0. The molecular formula is C44H60F6N6O4. The molecular weight excluding hydrogens is 791 g/mol. The number of alkyl halides is 6. The second kappa shape index (κ2) is 20.3. The number of aromatic nitrogens is 1. The third-order valence-electron chi connectivity index (χ3n) is 11.8. The van der Waals surface area contributed by atoms with Crippen LogP contribution in [0, 0.1) is 20.8 Å². The fourth-order valence-corrected chi connectivity index (χ4v) is 8.38. The molecule has 2 aliphatic heterocycles. The summed E-state index contributed by atoms with van der Waals surface area (Å²) in [5, 5.41) is 12.0. The number of likely N-dealkylation sites (tertiary alicyclic amines) is 2. The molecule has 2 aromatic carbocycles. The number of nitrogens with zero attached hydrogens (tertiary/aromatic N) is 4. The van der Waals surface area contributed by atoms with Gasteiger partial charge in [-0.3, -0.25) is 9.59 Å². The van der Waals surface area contributed by atoms with Crippen LogP contribution in [0.1, 0.15) is 113 Å². The van der Waals surface area contributed by atoms with Crippen LogP contribution >= 0.6 is 0 Å². The zero-order chi connectivity index (χ0) is 44.7. The number of aromatic amines is 1. The van der Waals surface area contributed by atoms with Gasteiger partial charge in [-0.15, -0.1) is 0 Å². The van der Waals surface area contributed by atoms with Gasteiger partial charge in [-0.1, -0.05) is 13.3 Å². The van der Waals surface area contributed by atoms with Gasteiger partial charge in [-0.25, -0.2) is 4.79 Å². The van der Waals surface area contributed by atoms with E-state index in [4.69, 9.17) is 0 Å². The van der Waals surface area contributed by atoms with Crippen molar-refractivity contribution in [2.75, 3.05) is 63.2 Å². The number of pyridine rings is 1. The highest BCUT2D eigenvalue weighted by Crippen LogP contribution is 2.38. The van der Waals surface area contributed by atoms with E-state index in [9.17, 15) is 45.8 Å². The molecule has 0 spiro atoms. The van der Waals surface area contributed by atoms with Gasteiger partial charge in [0.15, 0.2) is 0 Å². The SMILES string of the molecule is CCCc1cc(C)[nH]c(=O)c1CNC(=O)c1cc(C(F)(F)F)cc(N(CC)C2CCN(C)CC2)c1C.CCN(c1cc(C(F)(F)F)cc(C(=O)O)c1C)C1CCN(C)CC1. The number of carbonyl (C=O) groups excluding carboxylic acids is 1. The topological polar surface area (TPSA) is 112 Å². The first-order valence-corrected chi connectivity index (χ1v) is 20.7. The van der Waals surface area contributed by atoms with Crippen molar-refractivity contribution in [1.82, 2.24) is 20.1 Å². The molecule has 1 amide bonds. The number of piperidine rings is 2. The molecule has 0 unspecified atom stereocenters. The smallest absolute Gasteiger partial charge is 0.416 e. The highest BCUT2D eigenvalue weighted by atomic mass is 19.4. The highest BCUT2D eigenvalue weighted by molar-refractivity contribution is 5.97. The Balaban J connectivity index is 0.000000287. The second-order valence-electron chi connectivity index (χ2n) is 16.0. The van der Waals surface area contributed by atoms with Gasteiger partial charge in [0.05, 0.1) is 16.7 Å². The van der Waals surface area contributed by atoms with Gasteiger partial charge < -0.3 is 35.0 Å². The lowest BCUT2D eigenvalue weighted by molar-refractivity contribution is -0.138. The van der Waals surface area contributed by atoms with Crippen molar-refractivity contribution in [3.63, 3.8) is 0 Å². The number of carboxylic acids is 1. The quantitative estimate of drug-likeness (QED) is 0.156. The number of aromatic carboxylic acids is 1. The third kappa shape index (κ3) is 11.8. The normalized spacial score (nSPS) is 16.0. The first-order valence-electron chi connectivity index (χ1n) is 20.7. The molecule has 1 aromatic heterocycles. The third-order valence-corrected chi connectivity index (χ3v) is 11.8. The Hall–Kier alpha value is -4.57. The minimum atomic E-state index is -4.59. The van der Waals surface area contributed by atoms with E-state index in [1.54, 1.807) is 20.8 Å². The van der Waals surface area contributed by atoms with Crippen molar-refractivity contribution < 1.29 is 41.0 Å². The number of H-pyrrole nitrogens is 1. The van der Waals surface area contributed by atoms with Crippen LogP contribution in [0.5, 0.6) is 0 Å². The van der Waals surface area contributed by atoms with E-state index in [0.717, 1.165) is 93.8 Å². The van der Waals surface area contributed by atoms with Crippen LogP contribution in [0.15, 0.2) is 35.1 Å². The van der Waals surface area contributed by atoms with Crippen LogP contribution in [0.25, 0.3) is 0 Å². The van der Waals surface area contributed by atoms with Crippen molar-refractivity contribution >= 4 is 23.3 Å². The number of benzene rings is 2. The molecule has 60 heavy (non-hydrogen) atoms. The van der Waals surface area contributed by atoms with Crippen molar-refractivity contribution in [1.29, 1.82) is 0 Å². The molecule has 0 radical (unpaired) electrons. The summed E-state index contributed by atoms with van der Waals surface area (Å²) in [4.78, 5) is 48.2. The lowest BCUT2D eigenvalue weighted by Crippen LogP contribution is -2.44. The number of amides is 1. The number of rotatable bonds is 12. The van der Waals surface area contributed by atoms with Crippen molar-refractivity contribution in [3.05, 3.63) is 90.9 Å². The maximum atomic E-state index is 13.9. The lowest BCUT2D eigenvalue weighted by atomic mass is 9.97. The summed E-state index contributed by atoms with van der Waals surface area (Å²) in [6.45, 7) is 15.4. The van der Waals surface area contributed by atoms with E-state index in [0.29, 0.717) is 47.6 Å². The molecule has 2 aliphatic rings. The predicted octanol–water partition coefficient (Wildman–Crippen LogP) is 8.45. The average molecular weight is 851 g/mol.